The molecule has 0 saturated carbocycles. The van der Waals surface area contributed by atoms with E-state index in [1.807, 2.05) is 30.3 Å². The van der Waals surface area contributed by atoms with Crippen molar-refractivity contribution >= 4 is 5.97 Å². The molecule has 1 fully saturated rings. The minimum absolute atomic E-state index is 0.0278. The quantitative estimate of drug-likeness (QED) is 0.734. The van der Waals surface area contributed by atoms with Crippen molar-refractivity contribution < 1.29 is 27.8 Å². The highest BCUT2D eigenvalue weighted by Crippen LogP contribution is 2.37. The number of carbonyl (C=O) groups is 1. The minimum atomic E-state index is -4.46. The third kappa shape index (κ3) is 5.40. The summed E-state index contributed by atoms with van der Waals surface area (Å²) in [4.78, 5) is 12.6. The fraction of sp³-hybridized carbons (Fsp3) is 0.588. The lowest BCUT2D eigenvalue weighted by Gasteiger charge is -2.18. The Morgan fingerprint density at radius 1 is 1.17 bits per heavy atom. The van der Waals surface area contributed by atoms with Gasteiger partial charge in [0.25, 0.3) is 0 Å². The predicted molar refractivity (Wildman–Crippen MR) is 82.9 cm³/mol. The normalized spacial score (nSPS) is 21.8. The van der Waals surface area contributed by atoms with E-state index in [1.54, 1.807) is 4.90 Å². The summed E-state index contributed by atoms with van der Waals surface area (Å²) in [6.45, 7) is 0.801. The van der Waals surface area contributed by atoms with Crippen LogP contribution in [0.3, 0.4) is 0 Å². The molecule has 0 amide bonds. The monoisotopic (exact) mass is 345 g/mol. The maximum absolute atomic E-state index is 12.9. The van der Waals surface area contributed by atoms with Crippen LogP contribution in [0.4, 0.5) is 13.2 Å². The average Bonchev–Trinajstić information content (AvgIpc) is 2.96. The first-order chi connectivity index (χ1) is 11.4. The zero-order valence-corrected chi connectivity index (χ0v) is 13.3. The number of aliphatic carboxylic acids is 1. The third-order valence-electron chi connectivity index (χ3n) is 4.26. The first-order valence-electron chi connectivity index (χ1n) is 8.07. The first-order valence-corrected chi connectivity index (χ1v) is 8.07. The van der Waals surface area contributed by atoms with Crippen molar-refractivity contribution in [2.75, 3.05) is 26.2 Å². The number of ether oxygens (including phenoxy) is 1. The van der Waals surface area contributed by atoms with E-state index in [9.17, 15) is 18.0 Å². The van der Waals surface area contributed by atoms with Crippen molar-refractivity contribution in [3.8, 4) is 5.75 Å². The van der Waals surface area contributed by atoms with Crippen LogP contribution in [0.5, 0.6) is 5.75 Å². The van der Waals surface area contributed by atoms with E-state index in [2.05, 4.69) is 0 Å². The Morgan fingerprint density at radius 2 is 1.88 bits per heavy atom. The number of alkyl halides is 3. The Hall–Kier alpha value is -1.76. The predicted octanol–water partition coefficient (Wildman–Crippen LogP) is 3.43. The summed E-state index contributed by atoms with van der Waals surface area (Å²) in [5.74, 6) is -3.69. The number of para-hydroxylation sites is 1. The number of rotatable bonds is 8. The summed E-state index contributed by atoms with van der Waals surface area (Å²) in [7, 11) is 0. The second-order valence-corrected chi connectivity index (χ2v) is 6.07. The van der Waals surface area contributed by atoms with Crippen molar-refractivity contribution in [1.82, 2.24) is 4.90 Å². The highest BCUT2D eigenvalue weighted by atomic mass is 19.4. The standard InChI is InChI=1S/C17H22F3NO3/c18-17(19,20)15-12-21(11-14(15)16(22)23)9-5-2-6-10-24-13-7-3-1-4-8-13/h1,3-4,7-8,14-15H,2,5-6,9-12H2,(H,22,23)/t14-,15-/m1/s1. The van der Waals surface area contributed by atoms with Crippen LogP contribution in [0.15, 0.2) is 30.3 Å². The highest BCUT2D eigenvalue weighted by Gasteiger charge is 2.52. The van der Waals surface area contributed by atoms with Gasteiger partial charge in [-0.25, -0.2) is 0 Å². The molecule has 2 rings (SSSR count). The Balaban J connectivity index is 1.65. The highest BCUT2D eigenvalue weighted by molar-refractivity contribution is 5.71. The smallest absolute Gasteiger partial charge is 0.393 e. The minimum Gasteiger partial charge on any atom is -0.494 e. The number of likely N-dealkylation sites (tertiary alicyclic amines) is 1. The van der Waals surface area contributed by atoms with Gasteiger partial charge in [-0.05, 0) is 37.9 Å². The molecule has 1 heterocycles. The Morgan fingerprint density at radius 3 is 2.46 bits per heavy atom. The fourth-order valence-corrected chi connectivity index (χ4v) is 2.97. The van der Waals surface area contributed by atoms with Crippen molar-refractivity contribution in [3.05, 3.63) is 30.3 Å². The number of hydrogen-bond donors (Lipinski definition) is 1. The molecule has 7 heteroatoms. The van der Waals surface area contributed by atoms with Gasteiger partial charge >= 0.3 is 12.1 Å². The number of nitrogens with zero attached hydrogens (tertiary/aromatic N) is 1. The first kappa shape index (κ1) is 18.6. The number of carboxylic acids is 1. The van der Waals surface area contributed by atoms with Gasteiger partial charge in [0.15, 0.2) is 0 Å². The molecular weight excluding hydrogens is 323 g/mol. The zero-order valence-electron chi connectivity index (χ0n) is 13.3. The van der Waals surface area contributed by atoms with Crippen LogP contribution >= 0.6 is 0 Å². The summed E-state index contributed by atoms with van der Waals surface area (Å²) >= 11 is 0. The molecule has 0 aromatic heterocycles. The van der Waals surface area contributed by atoms with Gasteiger partial charge in [-0.15, -0.1) is 0 Å². The molecule has 1 aliphatic rings. The van der Waals surface area contributed by atoms with E-state index < -0.39 is 24.0 Å². The van der Waals surface area contributed by atoms with Crippen LogP contribution in [0.1, 0.15) is 19.3 Å². The summed E-state index contributed by atoms with van der Waals surface area (Å²) in [5.41, 5.74) is 0. The third-order valence-corrected chi connectivity index (χ3v) is 4.26. The number of hydrogen-bond acceptors (Lipinski definition) is 3. The molecule has 1 aromatic rings. The van der Waals surface area contributed by atoms with Gasteiger partial charge in [0, 0.05) is 13.1 Å². The molecule has 0 bridgehead atoms. The number of halogens is 3. The van der Waals surface area contributed by atoms with E-state index in [1.165, 1.54) is 0 Å². The lowest BCUT2D eigenvalue weighted by Crippen LogP contribution is -2.33. The summed E-state index contributed by atoms with van der Waals surface area (Å²) in [6.07, 6.45) is -2.08. The second kappa shape index (κ2) is 8.37. The number of benzene rings is 1. The Bertz CT molecular complexity index is 522. The molecule has 0 aliphatic carbocycles. The van der Waals surface area contributed by atoms with Gasteiger partial charge in [0.2, 0.25) is 0 Å². The lowest BCUT2D eigenvalue weighted by molar-refractivity contribution is -0.188. The molecule has 134 valence electrons. The van der Waals surface area contributed by atoms with E-state index in [0.717, 1.165) is 25.0 Å². The molecule has 1 aliphatic heterocycles. The van der Waals surface area contributed by atoms with Crippen LogP contribution in [-0.4, -0.2) is 48.4 Å². The van der Waals surface area contributed by atoms with Crippen molar-refractivity contribution in [3.63, 3.8) is 0 Å². The van der Waals surface area contributed by atoms with Gasteiger partial charge in [0.05, 0.1) is 18.4 Å². The largest absolute Gasteiger partial charge is 0.494 e. The van der Waals surface area contributed by atoms with Gasteiger partial charge in [0.1, 0.15) is 5.75 Å². The molecule has 0 unspecified atom stereocenters. The average molecular weight is 345 g/mol. The van der Waals surface area contributed by atoms with E-state index in [-0.39, 0.29) is 13.1 Å². The molecular formula is C17H22F3NO3. The Labute approximate surface area is 139 Å². The molecule has 1 N–H and O–H groups in total. The molecule has 2 atom stereocenters. The maximum Gasteiger partial charge on any atom is 0.393 e. The summed E-state index contributed by atoms with van der Waals surface area (Å²) < 4.78 is 44.2. The summed E-state index contributed by atoms with van der Waals surface area (Å²) in [6, 6.07) is 9.42. The molecule has 4 nitrogen and oxygen atoms in total. The van der Waals surface area contributed by atoms with Gasteiger partial charge in [-0.1, -0.05) is 18.2 Å². The number of unbranched alkanes of at least 4 members (excludes halogenated alkanes) is 2. The van der Waals surface area contributed by atoms with Crippen LogP contribution < -0.4 is 4.74 Å². The topological polar surface area (TPSA) is 49.8 Å². The second-order valence-electron chi connectivity index (χ2n) is 6.07. The van der Waals surface area contributed by atoms with E-state index in [0.29, 0.717) is 13.2 Å². The molecule has 1 saturated heterocycles. The van der Waals surface area contributed by atoms with Gasteiger partial charge < -0.3 is 14.7 Å². The van der Waals surface area contributed by atoms with Crippen LogP contribution in [0, 0.1) is 11.8 Å². The van der Waals surface area contributed by atoms with E-state index >= 15 is 0 Å². The Kier molecular flexibility index (Phi) is 6.48. The summed E-state index contributed by atoms with van der Waals surface area (Å²) in [5, 5.41) is 8.97. The van der Waals surface area contributed by atoms with Crippen LogP contribution in [-0.2, 0) is 4.79 Å². The van der Waals surface area contributed by atoms with Crippen molar-refractivity contribution in [2.24, 2.45) is 11.8 Å². The molecule has 0 spiro atoms. The van der Waals surface area contributed by atoms with Crippen molar-refractivity contribution in [1.29, 1.82) is 0 Å². The molecule has 1 aromatic carbocycles. The van der Waals surface area contributed by atoms with Crippen LogP contribution in [0.2, 0.25) is 0 Å². The maximum atomic E-state index is 12.9. The SMILES string of the molecule is O=C(O)[C@@H]1CN(CCCCCOc2ccccc2)C[C@H]1C(F)(F)F. The molecule has 0 radical (unpaired) electrons. The molecule has 24 heavy (non-hydrogen) atoms. The van der Waals surface area contributed by atoms with Gasteiger partial charge in [-0.3, -0.25) is 4.79 Å². The number of carboxylic acid groups (broad SMARTS) is 1. The van der Waals surface area contributed by atoms with E-state index in [4.69, 9.17) is 9.84 Å². The van der Waals surface area contributed by atoms with Crippen LogP contribution in [0.25, 0.3) is 0 Å². The van der Waals surface area contributed by atoms with Crippen molar-refractivity contribution in [2.45, 2.75) is 25.4 Å². The lowest BCUT2D eigenvalue weighted by atomic mass is 9.96. The zero-order chi connectivity index (χ0) is 17.6. The fourth-order valence-electron chi connectivity index (χ4n) is 2.97. The van der Waals surface area contributed by atoms with Gasteiger partial charge in [-0.2, -0.15) is 13.2 Å².